The lowest BCUT2D eigenvalue weighted by Gasteiger charge is -2.33. The van der Waals surface area contributed by atoms with Crippen LogP contribution >= 0.6 is 11.3 Å². The molecule has 0 spiro atoms. The summed E-state index contributed by atoms with van der Waals surface area (Å²) in [4.78, 5) is 23.1. The molecule has 5 nitrogen and oxygen atoms in total. The number of hydrogen-bond donors (Lipinski definition) is 2. The molecule has 0 amide bonds. The van der Waals surface area contributed by atoms with Crippen LogP contribution in [-0.2, 0) is 0 Å². The Morgan fingerprint density at radius 2 is 2.24 bits per heavy atom. The summed E-state index contributed by atoms with van der Waals surface area (Å²) in [6.07, 6.45) is 0.941. The van der Waals surface area contributed by atoms with Gasteiger partial charge in [0.05, 0.1) is 16.6 Å². The maximum atomic E-state index is 12.0. The Morgan fingerprint density at radius 3 is 2.90 bits per heavy atom. The number of piperazine rings is 1. The maximum absolute atomic E-state index is 12.0. The number of aromatic nitrogens is 2. The summed E-state index contributed by atoms with van der Waals surface area (Å²) in [7, 11) is 0. The third-order valence-electron chi connectivity index (χ3n) is 3.83. The van der Waals surface area contributed by atoms with E-state index in [1.807, 2.05) is 17.5 Å². The van der Waals surface area contributed by atoms with Gasteiger partial charge in [-0.25, -0.2) is 4.98 Å². The number of nitrogens with zero attached hydrogens (tertiary/aromatic N) is 2. The summed E-state index contributed by atoms with van der Waals surface area (Å²) in [6.45, 7) is 6.11. The van der Waals surface area contributed by atoms with E-state index in [1.54, 1.807) is 17.4 Å². The van der Waals surface area contributed by atoms with E-state index in [4.69, 9.17) is 4.98 Å². The third-order valence-corrected chi connectivity index (χ3v) is 4.72. The van der Waals surface area contributed by atoms with Crippen molar-refractivity contribution in [3.63, 3.8) is 0 Å². The fourth-order valence-corrected chi connectivity index (χ4v) is 3.49. The van der Waals surface area contributed by atoms with Gasteiger partial charge >= 0.3 is 0 Å². The van der Waals surface area contributed by atoms with E-state index in [0.717, 1.165) is 49.0 Å². The molecule has 1 saturated heterocycles. The lowest BCUT2D eigenvalue weighted by atomic mass is 10.1. The minimum absolute atomic E-state index is 0.0722. The molecule has 1 unspecified atom stereocenters. The zero-order valence-corrected chi connectivity index (χ0v) is 12.9. The molecule has 3 rings (SSSR count). The minimum Gasteiger partial charge on any atom is -0.314 e. The SMILES string of the molecule is CCC(c1nc(-c2cccs2)cc(=O)[nH]1)N1CCNCC1. The van der Waals surface area contributed by atoms with Crippen LogP contribution in [0.2, 0.25) is 0 Å². The first kappa shape index (κ1) is 14.4. The van der Waals surface area contributed by atoms with E-state index in [9.17, 15) is 4.79 Å². The molecule has 2 aromatic heterocycles. The van der Waals surface area contributed by atoms with Gasteiger partial charge in [-0.05, 0) is 17.9 Å². The van der Waals surface area contributed by atoms with Crippen LogP contribution in [0.15, 0.2) is 28.4 Å². The average Bonchev–Trinajstić information content (AvgIpc) is 3.03. The zero-order chi connectivity index (χ0) is 14.7. The van der Waals surface area contributed by atoms with Crippen molar-refractivity contribution >= 4 is 11.3 Å². The second kappa shape index (κ2) is 6.51. The Hall–Kier alpha value is -1.50. The molecular weight excluding hydrogens is 284 g/mol. The first-order valence-electron chi connectivity index (χ1n) is 7.38. The van der Waals surface area contributed by atoms with Crippen molar-refractivity contribution in [3.8, 4) is 10.6 Å². The van der Waals surface area contributed by atoms with Crippen LogP contribution in [0.5, 0.6) is 0 Å². The minimum atomic E-state index is -0.0722. The van der Waals surface area contributed by atoms with Crippen molar-refractivity contribution in [2.75, 3.05) is 26.2 Å². The molecule has 1 fully saturated rings. The number of H-pyrrole nitrogens is 1. The molecule has 6 heteroatoms. The summed E-state index contributed by atoms with van der Waals surface area (Å²) in [5.41, 5.74) is 0.703. The van der Waals surface area contributed by atoms with Crippen molar-refractivity contribution in [3.05, 3.63) is 39.8 Å². The number of thiophene rings is 1. The Labute approximate surface area is 128 Å². The molecule has 21 heavy (non-hydrogen) atoms. The fraction of sp³-hybridized carbons (Fsp3) is 0.467. The van der Waals surface area contributed by atoms with Crippen LogP contribution in [-0.4, -0.2) is 41.0 Å². The summed E-state index contributed by atoms with van der Waals surface area (Å²) >= 11 is 1.61. The molecule has 2 aromatic rings. The molecule has 1 atom stereocenters. The van der Waals surface area contributed by atoms with Crippen LogP contribution < -0.4 is 10.9 Å². The van der Waals surface area contributed by atoms with Crippen LogP contribution in [0.1, 0.15) is 25.2 Å². The van der Waals surface area contributed by atoms with E-state index in [0.29, 0.717) is 0 Å². The Kier molecular flexibility index (Phi) is 4.48. The second-order valence-electron chi connectivity index (χ2n) is 5.20. The molecule has 2 N–H and O–H groups in total. The van der Waals surface area contributed by atoms with Gasteiger partial charge in [0.1, 0.15) is 5.82 Å². The topological polar surface area (TPSA) is 61.0 Å². The van der Waals surface area contributed by atoms with E-state index >= 15 is 0 Å². The highest BCUT2D eigenvalue weighted by Gasteiger charge is 2.23. The molecule has 0 aromatic carbocycles. The van der Waals surface area contributed by atoms with Gasteiger partial charge in [0.2, 0.25) is 0 Å². The van der Waals surface area contributed by atoms with Gasteiger partial charge in [0.25, 0.3) is 5.56 Å². The van der Waals surface area contributed by atoms with E-state index in [1.165, 1.54) is 0 Å². The van der Waals surface area contributed by atoms with E-state index in [2.05, 4.69) is 22.1 Å². The van der Waals surface area contributed by atoms with Crippen molar-refractivity contribution in [1.82, 2.24) is 20.2 Å². The van der Waals surface area contributed by atoms with Crippen LogP contribution in [0.3, 0.4) is 0 Å². The van der Waals surface area contributed by atoms with Gasteiger partial charge in [0, 0.05) is 32.2 Å². The summed E-state index contributed by atoms with van der Waals surface area (Å²) in [5.74, 6) is 0.787. The smallest absolute Gasteiger partial charge is 0.251 e. The maximum Gasteiger partial charge on any atom is 0.251 e. The molecular formula is C15H20N4OS. The first-order chi connectivity index (χ1) is 10.3. The zero-order valence-electron chi connectivity index (χ0n) is 12.1. The quantitative estimate of drug-likeness (QED) is 0.905. The summed E-state index contributed by atoms with van der Waals surface area (Å²) < 4.78 is 0. The Morgan fingerprint density at radius 1 is 1.43 bits per heavy atom. The van der Waals surface area contributed by atoms with E-state index in [-0.39, 0.29) is 11.6 Å². The largest absolute Gasteiger partial charge is 0.314 e. The van der Waals surface area contributed by atoms with Crippen molar-refractivity contribution in [1.29, 1.82) is 0 Å². The fourth-order valence-electron chi connectivity index (χ4n) is 2.80. The highest BCUT2D eigenvalue weighted by Crippen LogP contribution is 2.25. The third kappa shape index (κ3) is 3.23. The van der Waals surface area contributed by atoms with Crippen LogP contribution in [0.25, 0.3) is 10.6 Å². The average molecular weight is 304 g/mol. The Bertz CT molecular complexity index is 631. The van der Waals surface area contributed by atoms with Gasteiger partial charge in [-0.3, -0.25) is 9.69 Å². The molecule has 0 radical (unpaired) electrons. The molecule has 1 aliphatic heterocycles. The van der Waals surface area contributed by atoms with Crippen LogP contribution in [0, 0.1) is 0 Å². The molecule has 0 saturated carbocycles. The van der Waals surface area contributed by atoms with Gasteiger partial charge in [-0.1, -0.05) is 13.0 Å². The van der Waals surface area contributed by atoms with Crippen molar-refractivity contribution < 1.29 is 0 Å². The number of rotatable bonds is 4. The highest BCUT2D eigenvalue weighted by atomic mass is 32.1. The highest BCUT2D eigenvalue weighted by molar-refractivity contribution is 7.13. The van der Waals surface area contributed by atoms with Gasteiger partial charge in [0.15, 0.2) is 0 Å². The monoisotopic (exact) mass is 304 g/mol. The molecule has 0 bridgehead atoms. The Balaban J connectivity index is 1.94. The normalized spacial score (nSPS) is 17.8. The predicted octanol–water partition coefficient (Wildman–Crippen LogP) is 1.85. The number of aromatic amines is 1. The predicted molar refractivity (Wildman–Crippen MR) is 85.6 cm³/mol. The number of hydrogen-bond acceptors (Lipinski definition) is 5. The molecule has 0 aliphatic carbocycles. The van der Waals surface area contributed by atoms with Gasteiger partial charge in [-0.15, -0.1) is 11.3 Å². The van der Waals surface area contributed by atoms with Crippen LogP contribution in [0.4, 0.5) is 0 Å². The second-order valence-corrected chi connectivity index (χ2v) is 6.15. The van der Waals surface area contributed by atoms with Crippen molar-refractivity contribution in [2.45, 2.75) is 19.4 Å². The standard InChI is InChI=1S/C15H20N4OS/c1-2-12(19-7-5-16-6-8-19)15-17-11(10-14(20)18-15)13-4-3-9-21-13/h3-4,9-10,12,16H,2,5-8H2,1H3,(H,17,18,20). The summed E-state index contributed by atoms with van der Waals surface area (Å²) in [5, 5.41) is 5.36. The van der Waals surface area contributed by atoms with Crippen molar-refractivity contribution in [2.24, 2.45) is 0 Å². The molecule has 3 heterocycles. The molecule has 112 valence electrons. The first-order valence-corrected chi connectivity index (χ1v) is 8.26. The molecule has 1 aliphatic rings. The summed E-state index contributed by atoms with van der Waals surface area (Å²) in [6, 6.07) is 5.75. The van der Waals surface area contributed by atoms with E-state index < -0.39 is 0 Å². The number of nitrogens with one attached hydrogen (secondary N) is 2. The lowest BCUT2D eigenvalue weighted by molar-refractivity contribution is 0.162. The van der Waals surface area contributed by atoms with Gasteiger partial charge in [-0.2, -0.15) is 0 Å². The van der Waals surface area contributed by atoms with Gasteiger partial charge < -0.3 is 10.3 Å². The lowest BCUT2D eigenvalue weighted by Crippen LogP contribution is -2.45.